The maximum absolute atomic E-state index is 12.9. The number of piperidine rings is 1. The first-order valence-electron chi connectivity index (χ1n) is 11.0. The van der Waals surface area contributed by atoms with E-state index in [2.05, 4.69) is 28.0 Å². The van der Waals surface area contributed by atoms with Gasteiger partial charge in [0.25, 0.3) is 0 Å². The summed E-state index contributed by atoms with van der Waals surface area (Å²) in [4.78, 5) is 17.4. The standard InChI is InChI=1S/C24H30N2O3/c27-23(26-10-3-4-11-26)15-20-16-24(29-22-6-2-1-5-21(20)22)8-12-25(13-9-24)17-19-7-14-28-18-19/h1-2,5-7,14,18,20H,3-4,8-13,15-17H2/t20-/m1/s1. The normalized spacial score (nSPS) is 23.7. The van der Waals surface area contributed by atoms with Crippen LogP contribution in [0.1, 0.15) is 55.6 Å². The third kappa shape index (κ3) is 3.93. The van der Waals surface area contributed by atoms with Gasteiger partial charge in [0.2, 0.25) is 5.91 Å². The average molecular weight is 395 g/mol. The van der Waals surface area contributed by atoms with Crippen LogP contribution in [0.4, 0.5) is 0 Å². The summed E-state index contributed by atoms with van der Waals surface area (Å²) in [5.41, 5.74) is 2.30. The highest BCUT2D eigenvalue weighted by atomic mass is 16.5. The predicted octanol–water partition coefficient (Wildman–Crippen LogP) is 4.19. The topological polar surface area (TPSA) is 45.9 Å². The number of hydrogen-bond donors (Lipinski definition) is 0. The maximum Gasteiger partial charge on any atom is 0.223 e. The summed E-state index contributed by atoms with van der Waals surface area (Å²) in [5.74, 6) is 1.56. The van der Waals surface area contributed by atoms with Crippen molar-refractivity contribution in [3.63, 3.8) is 0 Å². The molecule has 1 amide bonds. The number of furan rings is 1. The van der Waals surface area contributed by atoms with Crippen LogP contribution in [0.15, 0.2) is 47.3 Å². The fraction of sp³-hybridized carbons (Fsp3) is 0.542. The van der Waals surface area contributed by atoms with Crippen molar-refractivity contribution in [1.29, 1.82) is 0 Å². The number of hydrogen-bond acceptors (Lipinski definition) is 4. The van der Waals surface area contributed by atoms with Crippen LogP contribution in [-0.4, -0.2) is 47.5 Å². The number of carbonyl (C=O) groups excluding carboxylic acids is 1. The summed E-state index contributed by atoms with van der Waals surface area (Å²) in [6, 6.07) is 10.4. The fourth-order valence-corrected chi connectivity index (χ4v) is 5.30. The van der Waals surface area contributed by atoms with Gasteiger partial charge in [-0.3, -0.25) is 9.69 Å². The highest BCUT2D eigenvalue weighted by Gasteiger charge is 2.43. The summed E-state index contributed by atoms with van der Waals surface area (Å²) in [6.45, 7) is 4.82. The van der Waals surface area contributed by atoms with Crippen molar-refractivity contribution in [2.45, 2.75) is 56.6 Å². The molecule has 0 radical (unpaired) electrons. The highest BCUT2D eigenvalue weighted by molar-refractivity contribution is 5.77. The number of benzene rings is 1. The third-order valence-corrected chi connectivity index (χ3v) is 6.94. The predicted molar refractivity (Wildman–Crippen MR) is 111 cm³/mol. The van der Waals surface area contributed by atoms with Crippen LogP contribution in [0, 0.1) is 0 Å². The van der Waals surface area contributed by atoms with Gasteiger partial charge in [0.15, 0.2) is 0 Å². The summed E-state index contributed by atoms with van der Waals surface area (Å²) >= 11 is 0. The van der Waals surface area contributed by atoms with E-state index in [1.165, 1.54) is 11.1 Å². The molecule has 0 N–H and O–H groups in total. The zero-order valence-electron chi connectivity index (χ0n) is 17.0. The van der Waals surface area contributed by atoms with Gasteiger partial charge in [-0.1, -0.05) is 18.2 Å². The second-order valence-electron chi connectivity index (χ2n) is 8.92. The van der Waals surface area contributed by atoms with Crippen LogP contribution in [0.3, 0.4) is 0 Å². The first-order chi connectivity index (χ1) is 14.2. The minimum Gasteiger partial charge on any atom is -0.487 e. The first kappa shape index (κ1) is 18.7. The van der Waals surface area contributed by atoms with E-state index in [0.29, 0.717) is 12.3 Å². The van der Waals surface area contributed by atoms with Crippen LogP contribution >= 0.6 is 0 Å². The average Bonchev–Trinajstić information content (AvgIpc) is 3.44. The molecule has 2 aromatic rings. The van der Waals surface area contributed by atoms with E-state index in [4.69, 9.17) is 9.15 Å². The van der Waals surface area contributed by atoms with Crippen molar-refractivity contribution >= 4 is 5.91 Å². The van der Waals surface area contributed by atoms with Crippen LogP contribution in [-0.2, 0) is 11.3 Å². The molecule has 0 aliphatic carbocycles. The molecular formula is C24H30N2O3. The second-order valence-corrected chi connectivity index (χ2v) is 8.92. The van der Waals surface area contributed by atoms with Crippen molar-refractivity contribution in [1.82, 2.24) is 9.80 Å². The monoisotopic (exact) mass is 394 g/mol. The highest BCUT2D eigenvalue weighted by Crippen LogP contribution is 2.46. The third-order valence-electron chi connectivity index (χ3n) is 6.94. The van der Waals surface area contributed by atoms with Gasteiger partial charge in [0.05, 0.1) is 12.5 Å². The fourth-order valence-electron chi connectivity index (χ4n) is 5.30. The van der Waals surface area contributed by atoms with Crippen LogP contribution in [0.25, 0.3) is 0 Å². The van der Waals surface area contributed by atoms with E-state index >= 15 is 0 Å². The van der Waals surface area contributed by atoms with Crippen molar-refractivity contribution in [2.24, 2.45) is 0 Å². The van der Waals surface area contributed by atoms with E-state index < -0.39 is 0 Å². The number of rotatable bonds is 4. The Balaban J connectivity index is 1.29. The van der Waals surface area contributed by atoms with Crippen LogP contribution in [0.2, 0.25) is 0 Å². The van der Waals surface area contributed by atoms with Crippen LogP contribution in [0.5, 0.6) is 5.75 Å². The number of carbonyl (C=O) groups is 1. The molecule has 0 bridgehead atoms. The van der Waals surface area contributed by atoms with Crippen molar-refractivity contribution < 1.29 is 13.9 Å². The lowest BCUT2D eigenvalue weighted by atomic mass is 9.76. The van der Waals surface area contributed by atoms with Gasteiger partial charge in [-0.25, -0.2) is 0 Å². The Bertz CT molecular complexity index is 834. The molecule has 29 heavy (non-hydrogen) atoms. The molecule has 2 saturated heterocycles. The Labute approximate surface area is 172 Å². The SMILES string of the molecule is O=C(C[C@@H]1CC2(CCN(Cc3ccoc3)CC2)Oc2ccccc21)N1CCCC1. The Morgan fingerprint density at radius 2 is 1.86 bits per heavy atom. The minimum atomic E-state index is -0.142. The number of ether oxygens (including phenoxy) is 1. The molecule has 3 aliphatic heterocycles. The van der Waals surface area contributed by atoms with E-state index in [0.717, 1.165) is 70.6 Å². The van der Waals surface area contributed by atoms with Gasteiger partial charge in [0, 0.05) is 50.6 Å². The largest absolute Gasteiger partial charge is 0.487 e. The van der Waals surface area contributed by atoms with Gasteiger partial charge < -0.3 is 14.1 Å². The molecule has 4 heterocycles. The first-order valence-corrected chi connectivity index (χ1v) is 11.0. The molecular weight excluding hydrogens is 364 g/mol. The smallest absolute Gasteiger partial charge is 0.223 e. The number of amides is 1. The quantitative estimate of drug-likeness (QED) is 0.780. The molecule has 5 nitrogen and oxygen atoms in total. The Hall–Kier alpha value is -2.27. The number of likely N-dealkylation sites (tertiary alicyclic amines) is 2. The zero-order chi connectivity index (χ0) is 19.7. The number of fused-ring (bicyclic) bond motifs is 1. The summed E-state index contributed by atoms with van der Waals surface area (Å²) < 4.78 is 11.8. The Morgan fingerprint density at radius 1 is 1.07 bits per heavy atom. The number of nitrogens with zero attached hydrogens (tertiary/aromatic N) is 2. The molecule has 1 aromatic heterocycles. The maximum atomic E-state index is 12.9. The molecule has 3 aliphatic rings. The van der Waals surface area contributed by atoms with Gasteiger partial charge in [0.1, 0.15) is 11.4 Å². The molecule has 5 heteroatoms. The second kappa shape index (κ2) is 7.86. The number of para-hydroxylation sites is 1. The molecule has 1 aromatic carbocycles. The Morgan fingerprint density at radius 3 is 2.62 bits per heavy atom. The van der Waals surface area contributed by atoms with E-state index in [-0.39, 0.29) is 11.5 Å². The minimum absolute atomic E-state index is 0.142. The summed E-state index contributed by atoms with van der Waals surface area (Å²) in [6.07, 6.45) is 9.44. The lowest BCUT2D eigenvalue weighted by Gasteiger charge is -2.47. The molecule has 0 unspecified atom stereocenters. The molecule has 1 atom stereocenters. The molecule has 154 valence electrons. The lowest BCUT2D eigenvalue weighted by molar-refractivity contribution is -0.131. The summed E-state index contributed by atoms with van der Waals surface area (Å²) in [7, 11) is 0. The van der Waals surface area contributed by atoms with Crippen molar-refractivity contribution in [2.75, 3.05) is 26.2 Å². The van der Waals surface area contributed by atoms with Gasteiger partial charge in [-0.2, -0.15) is 0 Å². The van der Waals surface area contributed by atoms with Gasteiger partial charge in [-0.05, 0) is 49.8 Å². The summed E-state index contributed by atoms with van der Waals surface area (Å²) in [5, 5.41) is 0. The van der Waals surface area contributed by atoms with Crippen LogP contribution < -0.4 is 4.74 Å². The molecule has 2 fully saturated rings. The van der Waals surface area contributed by atoms with Gasteiger partial charge in [-0.15, -0.1) is 0 Å². The molecule has 5 rings (SSSR count). The molecule has 0 saturated carbocycles. The van der Waals surface area contributed by atoms with E-state index in [1.807, 2.05) is 18.4 Å². The van der Waals surface area contributed by atoms with E-state index in [9.17, 15) is 4.79 Å². The van der Waals surface area contributed by atoms with E-state index in [1.54, 1.807) is 6.26 Å². The zero-order valence-corrected chi connectivity index (χ0v) is 17.0. The molecule has 1 spiro atoms. The lowest BCUT2D eigenvalue weighted by Crippen LogP contribution is -2.50. The van der Waals surface area contributed by atoms with Gasteiger partial charge >= 0.3 is 0 Å². The van der Waals surface area contributed by atoms with Crippen molar-refractivity contribution in [3.8, 4) is 5.75 Å². The van der Waals surface area contributed by atoms with Crippen molar-refractivity contribution in [3.05, 3.63) is 54.0 Å². The Kier molecular flexibility index (Phi) is 5.08.